The molecule has 0 saturated carbocycles. The molecule has 96 valence electrons. The molecule has 1 aromatic rings. The Balaban J connectivity index is 2.47. The van der Waals surface area contributed by atoms with E-state index in [0.29, 0.717) is 11.5 Å². The number of nitrogens with zero attached hydrogens (tertiary/aromatic N) is 2. The van der Waals surface area contributed by atoms with Crippen molar-refractivity contribution in [2.75, 3.05) is 17.2 Å². The monoisotopic (exact) mass is 248 g/mol. The number of nitrogens with two attached hydrogens (primary N) is 1. The van der Waals surface area contributed by atoms with E-state index in [1.807, 2.05) is 6.92 Å². The number of carbonyl (C=O) groups is 2. The van der Waals surface area contributed by atoms with Gasteiger partial charge < -0.3 is 10.6 Å². The molecule has 0 aromatic carbocycles. The fraction of sp³-hybridized carbons (Fsp3) is 0.417. The van der Waals surface area contributed by atoms with E-state index in [0.717, 1.165) is 5.56 Å². The van der Waals surface area contributed by atoms with Crippen LogP contribution in [0.1, 0.15) is 19.4 Å². The number of rotatable bonds is 1. The van der Waals surface area contributed by atoms with Crippen LogP contribution >= 0.6 is 0 Å². The molecule has 1 aliphatic heterocycles. The predicted molar refractivity (Wildman–Crippen MR) is 68.0 cm³/mol. The average molecular weight is 248 g/mol. The minimum atomic E-state index is -0.857. The second-order valence-electron chi connectivity index (χ2n) is 4.95. The number of nitrogens with one attached hydrogen (secondary N) is 1. The van der Waals surface area contributed by atoms with Crippen LogP contribution in [0.15, 0.2) is 12.3 Å². The maximum absolute atomic E-state index is 11.8. The Morgan fingerprint density at radius 2 is 2.11 bits per heavy atom. The minimum absolute atomic E-state index is 0.0685. The van der Waals surface area contributed by atoms with Gasteiger partial charge in [-0.05, 0) is 32.4 Å². The van der Waals surface area contributed by atoms with Crippen LogP contribution in [0.5, 0.6) is 0 Å². The lowest BCUT2D eigenvalue weighted by molar-refractivity contribution is -0.135. The second kappa shape index (κ2) is 3.97. The Bertz CT molecular complexity index is 525. The van der Waals surface area contributed by atoms with E-state index in [1.165, 1.54) is 0 Å². The summed E-state index contributed by atoms with van der Waals surface area (Å²) < 4.78 is 0. The number of imide groups is 1. The molecule has 1 aromatic heterocycles. The first-order chi connectivity index (χ1) is 8.32. The van der Waals surface area contributed by atoms with Gasteiger partial charge in [-0.25, -0.2) is 4.98 Å². The Labute approximate surface area is 105 Å². The highest BCUT2D eigenvalue weighted by atomic mass is 16.2. The summed E-state index contributed by atoms with van der Waals surface area (Å²) >= 11 is 0. The van der Waals surface area contributed by atoms with Gasteiger partial charge in [-0.15, -0.1) is 0 Å². The van der Waals surface area contributed by atoms with Crippen molar-refractivity contribution >= 4 is 23.3 Å². The van der Waals surface area contributed by atoms with E-state index in [2.05, 4.69) is 10.3 Å². The van der Waals surface area contributed by atoms with E-state index in [4.69, 9.17) is 5.73 Å². The molecule has 0 aliphatic carbocycles. The van der Waals surface area contributed by atoms with Crippen molar-refractivity contribution in [2.45, 2.75) is 26.3 Å². The van der Waals surface area contributed by atoms with Gasteiger partial charge in [0.25, 0.3) is 5.91 Å². The predicted octanol–water partition coefficient (Wildman–Crippen LogP) is 0.214. The van der Waals surface area contributed by atoms with Crippen molar-refractivity contribution < 1.29 is 9.59 Å². The van der Waals surface area contributed by atoms with Gasteiger partial charge in [-0.3, -0.25) is 14.9 Å². The standard InChI is InChI=1S/C12H16N4O2/c1-7-4-8(13)10(14-5-7)16-6-9(17)15-11(18)12(16,2)3/h4-5H,6,13H2,1-3H3,(H,15,17,18). The SMILES string of the molecule is Cc1cnc(N2CC(=O)NC(=O)C2(C)C)c(N)c1. The van der Waals surface area contributed by atoms with Crippen LogP contribution in [0, 0.1) is 6.92 Å². The third kappa shape index (κ3) is 1.90. The molecule has 6 heteroatoms. The van der Waals surface area contributed by atoms with Crippen molar-refractivity contribution in [3.63, 3.8) is 0 Å². The molecule has 2 amide bonds. The van der Waals surface area contributed by atoms with Crippen LogP contribution in [0.3, 0.4) is 0 Å². The molecule has 0 radical (unpaired) electrons. The Morgan fingerprint density at radius 3 is 2.72 bits per heavy atom. The molecule has 3 N–H and O–H groups in total. The maximum atomic E-state index is 11.8. The van der Waals surface area contributed by atoms with Gasteiger partial charge in [-0.1, -0.05) is 0 Å². The Morgan fingerprint density at radius 1 is 1.44 bits per heavy atom. The molecule has 1 saturated heterocycles. The lowest BCUT2D eigenvalue weighted by Gasteiger charge is -2.41. The second-order valence-corrected chi connectivity index (χ2v) is 4.95. The fourth-order valence-electron chi connectivity index (χ4n) is 1.93. The molecule has 0 spiro atoms. The van der Waals surface area contributed by atoms with Gasteiger partial charge >= 0.3 is 0 Å². The fourth-order valence-corrected chi connectivity index (χ4v) is 1.93. The summed E-state index contributed by atoms with van der Waals surface area (Å²) in [6, 6.07) is 1.77. The van der Waals surface area contributed by atoms with Crippen LogP contribution < -0.4 is 16.0 Å². The van der Waals surface area contributed by atoms with Crippen LogP contribution in [-0.4, -0.2) is 28.9 Å². The molecule has 0 bridgehead atoms. The lowest BCUT2D eigenvalue weighted by Crippen LogP contribution is -2.64. The molecule has 2 rings (SSSR count). The number of nitrogen functional groups attached to an aromatic ring is 1. The van der Waals surface area contributed by atoms with Gasteiger partial charge in [0, 0.05) is 6.20 Å². The lowest BCUT2D eigenvalue weighted by atomic mass is 9.98. The van der Waals surface area contributed by atoms with Crippen molar-refractivity contribution in [1.29, 1.82) is 0 Å². The number of pyridine rings is 1. The number of aromatic nitrogens is 1. The first kappa shape index (κ1) is 12.3. The Hall–Kier alpha value is -2.11. The van der Waals surface area contributed by atoms with Crippen LogP contribution in [0.25, 0.3) is 0 Å². The number of carbonyl (C=O) groups excluding carboxylic acids is 2. The third-order valence-electron chi connectivity index (χ3n) is 3.07. The summed E-state index contributed by atoms with van der Waals surface area (Å²) in [4.78, 5) is 29.2. The van der Waals surface area contributed by atoms with E-state index >= 15 is 0 Å². The molecule has 18 heavy (non-hydrogen) atoms. The highest BCUT2D eigenvalue weighted by Crippen LogP contribution is 2.29. The zero-order chi connectivity index (χ0) is 13.5. The first-order valence-electron chi connectivity index (χ1n) is 5.66. The summed E-state index contributed by atoms with van der Waals surface area (Å²) in [6.45, 7) is 5.41. The van der Waals surface area contributed by atoms with Crippen molar-refractivity contribution in [3.05, 3.63) is 17.8 Å². The van der Waals surface area contributed by atoms with Gasteiger partial charge in [0.1, 0.15) is 5.54 Å². The molecule has 2 heterocycles. The topological polar surface area (TPSA) is 88.3 Å². The molecule has 6 nitrogen and oxygen atoms in total. The molecule has 0 unspecified atom stereocenters. The quantitative estimate of drug-likeness (QED) is 0.694. The van der Waals surface area contributed by atoms with E-state index in [-0.39, 0.29) is 18.4 Å². The summed E-state index contributed by atoms with van der Waals surface area (Å²) in [7, 11) is 0. The number of amides is 2. The van der Waals surface area contributed by atoms with Crippen LogP contribution in [0.4, 0.5) is 11.5 Å². The minimum Gasteiger partial charge on any atom is -0.396 e. The van der Waals surface area contributed by atoms with Crippen molar-refractivity contribution in [3.8, 4) is 0 Å². The van der Waals surface area contributed by atoms with Gasteiger partial charge in [0.15, 0.2) is 5.82 Å². The van der Waals surface area contributed by atoms with Gasteiger partial charge in [-0.2, -0.15) is 0 Å². The third-order valence-corrected chi connectivity index (χ3v) is 3.07. The highest BCUT2D eigenvalue weighted by molar-refractivity contribution is 6.07. The summed E-state index contributed by atoms with van der Waals surface area (Å²) in [6.07, 6.45) is 1.67. The van der Waals surface area contributed by atoms with Crippen LogP contribution in [0.2, 0.25) is 0 Å². The smallest absolute Gasteiger partial charge is 0.251 e. The van der Waals surface area contributed by atoms with Gasteiger partial charge in [0.05, 0.1) is 12.2 Å². The normalized spacial score (nSPS) is 18.7. The van der Waals surface area contributed by atoms with Crippen molar-refractivity contribution in [1.82, 2.24) is 10.3 Å². The Kier molecular flexibility index (Phi) is 2.73. The largest absolute Gasteiger partial charge is 0.396 e. The zero-order valence-corrected chi connectivity index (χ0v) is 10.7. The molecular formula is C12H16N4O2. The number of hydrogen-bond acceptors (Lipinski definition) is 5. The van der Waals surface area contributed by atoms with Gasteiger partial charge in [0.2, 0.25) is 5.91 Å². The van der Waals surface area contributed by atoms with E-state index in [9.17, 15) is 9.59 Å². The van der Waals surface area contributed by atoms with Crippen LogP contribution in [-0.2, 0) is 9.59 Å². The molecule has 1 fully saturated rings. The first-order valence-corrected chi connectivity index (χ1v) is 5.66. The molecule has 0 atom stereocenters. The number of anilines is 2. The average Bonchev–Trinajstić information content (AvgIpc) is 2.24. The highest BCUT2D eigenvalue weighted by Gasteiger charge is 2.42. The maximum Gasteiger partial charge on any atom is 0.251 e. The zero-order valence-electron chi connectivity index (χ0n) is 10.7. The van der Waals surface area contributed by atoms with E-state index < -0.39 is 5.54 Å². The molecular weight excluding hydrogens is 232 g/mol. The summed E-state index contributed by atoms with van der Waals surface area (Å²) in [5.74, 6) is -0.226. The number of hydrogen-bond donors (Lipinski definition) is 2. The van der Waals surface area contributed by atoms with Crippen molar-refractivity contribution in [2.24, 2.45) is 0 Å². The number of piperazine rings is 1. The van der Waals surface area contributed by atoms with E-state index in [1.54, 1.807) is 31.0 Å². The summed E-state index contributed by atoms with van der Waals surface area (Å²) in [5, 5.41) is 2.31. The number of aryl methyl sites for hydroxylation is 1. The molecule has 1 aliphatic rings. The summed E-state index contributed by atoms with van der Waals surface area (Å²) in [5.41, 5.74) is 6.46.